The molecule has 0 aliphatic heterocycles. The standard InChI is InChI=1S/C19H25NO/c1-5-15-8-11-16(12-9-15)19(20-6-2)17-10-7-14(3)18(13-17)21-4/h7-13,19-20H,5-6H2,1-4H3. The SMILES string of the molecule is CCNC(c1ccc(CC)cc1)c1ccc(C)c(OC)c1. The van der Waals surface area contributed by atoms with Crippen molar-refractivity contribution in [2.45, 2.75) is 33.2 Å². The summed E-state index contributed by atoms with van der Waals surface area (Å²) in [7, 11) is 1.73. The minimum absolute atomic E-state index is 0.204. The summed E-state index contributed by atoms with van der Waals surface area (Å²) in [6, 6.07) is 15.5. The van der Waals surface area contributed by atoms with E-state index in [9.17, 15) is 0 Å². The molecule has 0 amide bonds. The van der Waals surface area contributed by atoms with E-state index in [1.165, 1.54) is 16.7 Å². The quantitative estimate of drug-likeness (QED) is 0.855. The molecule has 0 saturated carbocycles. The van der Waals surface area contributed by atoms with Gasteiger partial charge in [-0.05, 0) is 48.2 Å². The molecule has 0 radical (unpaired) electrons. The van der Waals surface area contributed by atoms with Crippen molar-refractivity contribution in [1.82, 2.24) is 5.32 Å². The molecular weight excluding hydrogens is 258 g/mol. The van der Waals surface area contributed by atoms with Gasteiger partial charge in [-0.15, -0.1) is 0 Å². The largest absolute Gasteiger partial charge is 0.496 e. The van der Waals surface area contributed by atoms with E-state index < -0.39 is 0 Å². The monoisotopic (exact) mass is 283 g/mol. The first-order valence-electron chi connectivity index (χ1n) is 7.66. The van der Waals surface area contributed by atoms with Crippen LogP contribution in [0.15, 0.2) is 42.5 Å². The Morgan fingerprint density at radius 1 is 1.00 bits per heavy atom. The van der Waals surface area contributed by atoms with Gasteiger partial charge in [0.25, 0.3) is 0 Å². The molecular formula is C19H25NO. The Morgan fingerprint density at radius 3 is 2.24 bits per heavy atom. The minimum atomic E-state index is 0.204. The lowest BCUT2D eigenvalue weighted by molar-refractivity contribution is 0.410. The van der Waals surface area contributed by atoms with Gasteiger partial charge in [0.1, 0.15) is 5.75 Å². The summed E-state index contributed by atoms with van der Waals surface area (Å²) in [6.07, 6.45) is 1.07. The smallest absolute Gasteiger partial charge is 0.122 e. The average Bonchev–Trinajstić information content (AvgIpc) is 2.53. The van der Waals surface area contributed by atoms with Crippen molar-refractivity contribution in [3.8, 4) is 5.75 Å². The molecule has 0 aliphatic carbocycles. The molecule has 0 spiro atoms. The Labute approximate surface area is 128 Å². The summed E-state index contributed by atoms with van der Waals surface area (Å²) in [5, 5.41) is 3.57. The summed E-state index contributed by atoms with van der Waals surface area (Å²) in [4.78, 5) is 0. The van der Waals surface area contributed by atoms with Gasteiger partial charge < -0.3 is 10.1 Å². The van der Waals surface area contributed by atoms with Gasteiger partial charge in [0.2, 0.25) is 0 Å². The molecule has 0 saturated heterocycles. The molecule has 2 aromatic rings. The number of benzene rings is 2. The van der Waals surface area contributed by atoms with Gasteiger partial charge in [0.05, 0.1) is 13.2 Å². The Hall–Kier alpha value is -1.80. The van der Waals surface area contributed by atoms with Crippen LogP contribution in [-0.2, 0) is 6.42 Å². The third-order valence-corrected chi connectivity index (χ3v) is 3.89. The van der Waals surface area contributed by atoms with Crippen LogP contribution < -0.4 is 10.1 Å². The maximum absolute atomic E-state index is 5.46. The maximum atomic E-state index is 5.46. The fourth-order valence-electron chi connectivity index (χ4n) is 2.59. The van der Waals surface area contributed by atoms with E-state index in [0.717, 1.165) is 24.3 Å². The second kappa shape index (κ2) is 7.28. The van der Waals surface area contributed by atoms with Gasteiger partial charge in [0, 0.05) is 0 Å². The zero-order valence-corrected chi connectivity index (χ0v) is 13.4. The number of nitrogens with one attached hydrogen (secondary N) is 1. The Kier molecular flexibility index (Phi) is 5.40. The Morgan fingerprint density at radius 2 is 1.67 bits per heavy atom. The Bertz CT molecular complexity index is 575. The summed E-state index contributed by atoms with van der Waals surface area (Å²) in [5.74, 6) is 0.945. The van der Waals surface area contributed by atoms with Crippen LogP contribution >= 0.6 is 0 Å². The molecule has 0 aliphatic rings. The molecule has 2 rings (SSSR count). The Balaban J connectivity index is 2.37. The van der Waals surface area contributed by atoms with Crippen molar-refractivity contribution in [2.75, 3.05) is 13.7 Å². The molecule has 0 bridgehead atoms. The van der Waals surface area contributed by atoms with Crippen LogP contribution in [0.3, 0.4) is 0 Å². The summed E-state index contributed by atoms with van der Waals surface area (Å²) >= 11 is 0. The van der Waals surface area contributed by atoms with Crippen molar-refractivity contribution in [3.05, 3.63) is 64.7 Å². The molecule has 0 aromatic heterocycles. The van der Waals surface area contributed by atoms with Crippen LogP contribution in [0.4, 0.5) is 0 Å². The van der Waals surface area contributed by atoms with Crippen LogP contribution in [-0.4, -0.2) is 13.7 Å². The van der Waals surface area contributed by atoms with Gasteiger partial charge in [0.15, 0.2) is 0 Å². The minimum Gasteiger partial charge on any atom is -0.496 e. The van der Waals surface area contributed by atoms with Crippen molar-refractivity contribution in [3.63, 3.8) is 0 Å². The predicted molar refractivity (Wildman–Crippen MR) is 89.1 cm³/mol. The van der Waals surface area contributed by atoms with Gasteiger partial charge in [-0.3, -0.25) is 0 Å². The number of aryl methyl sites for hydroxylation is 2. The number of methoxy groups -OCH3 is 1. The second-order valence-corrected chi connectivity index (χ2v) is 5.31. The van der Waals surface area contributed by atoms with Crippen molar-refractivity contribution in [1.29, 1.82) is 0 Å². The molecule has 1 atom stereocenters. The molecule has 1 unspecified atom stereocenters. The normalized spacial score (nSPS) is 12.2. The second-order valence-electron chi connectivity index (χ2n) is 5.31. The first-order chi connectivity index (χ1) is 10.2. The van der Waals surface area contributed by atoms with E-state index in [1.807, 2.05) is 0 Å². The molecule has 2 nitrogen and oxygen atoms in total. The maximum Gasteiger partial charge on any atom is 0.122 e. The van der Waals surface area contributed by atoms with E-state index >= 15 is 0 Å². The lowest BCUT2D eigenvalue weighted by Gasteiger charge is -2.20. The molecule has 112 valence electrons. The average molecular weight is 283 g/mol. The van der Waals surface area contributed by atoms with Gasteiger partial charge in [-0.25, -0.2) is 0 Å². The number of hydrogen-bond donors (Lipinski definition) is 1. The molecule has 0 fully saturated rings. The summed E-state index contributed by atoms with van der Waals surface area (Å²) in [5.41, 5.74) is 5.07. The lowest BCUT2D eigenvalue weighted by Crippen LogP contribution is -2.22. The van der Waals surface area contributed by atoms with Crippen LogP contribution in [0.1, 0.15) is 42.1 Å². The highest BCUT2D eigenvalue weighted by atomic mass is 16.5. The van der Waals surface area contributed by atoms with E-state index in [4.69, 9.17) is 4.74 Å². The fraction of sp³-hybridized carbons (Fsp3) is 0.368. The molecule has 21 heavy (non-hydrogen) atoms. The van der Waals surface area contributed by atoms with E-state index in [2.05, 4.69) is 68.6 Å². The van der Waals surface area contributed by atoms with E-state index in [0.29, 0.717) is 0 Å². The number of hydrogen-bond acceptors (Lipinski definition) is 2. The highest BCUT2D eigenvalue weighted by Gasteiger charge is 2.14. The van der Waals surface area contributed by atoms with Crippen LogP contribution in [0, 0.1) is 6.92 Å². The summed E-state index contributed by atoms with van der Waals surface area (Å²) < 4.78 is 5.46. The first-order valence-corrected chi connectivity index (χ1v) is 7.66. The predicted octanol–water partition coefficient (Wildman–Crippen LogP) is 4.26. The highest BCUT2D eigenvalue weighted by Crippen LogP contribution is 2.27. The topological polar surface area (TPSA) is 21.3 Å². The van der Waals surface area contributed by atoms with Crippen LogP contribution in [0.5, 0.6) is 5.75 Å². The molecule has 0 heterocycles. The summed E-state index contributed by atoms with van der Waals surface area (Å²) in [6.45, 7) is 7.32. The molecule has 2 heteroatoms. The zero-order chi connectivity index (χ0) is 15.2. The highest BCUT2D eigenvalue weighted by molar-refractivity contribution is 5.41. The third-order valence-electron chi connectivity index (χ3n) is 3.89. The van der Waals surface area contributed by atoms with Crippen molar-refractivity contribution in [2.24, 2.45) is 0 Å². The van der Waals surface area contributed by atoms with Crippen molar-refractivity contribution >= 4 is 0 Å². The van der Waals surface area contributed by atoms with Crippen LogP contribution in [0.2, 0.25) is 0 Å². The number of rotatable bonds is 6. The number of ether oxygens (including phenoxy) is 1. The van der Waals surface area contributed by atoms with Crippen molar-refractivity contribution < 1.29 is 4.74 Å². The van der Waals surface area contributed by atoms with Gasteiger partial charge >= 0.3 is 0 Å². The van der Waals surface area contributed by atoms with Gasteiger partial charge in [-0.1, -0.05) is 50.2 Å². The zero-order valence-electron chi connectivity index (χ0n) is 13.4. The van der Waals surface area contributed by atoms with Crippen LogP contribution in [0.25, 0.3) is 0 Å². The molecule has 1 N–H and O–H groups in total. The lowest BCUT2D eigenvalue weighted by atomic mass is 9.96. The third kappa shape index (κ3) is 3.64. The van der Waals surface area contributed by atoms with E-state index in [1.54, 1.807) is 7.11 Å². The fourth-order valence-corrected chi connectivity index (χ4v) is 2.59. The van der Waals surface area contributed by atoms with E-state index in [-0.39, 0.29) is 6.04 Å². The first kappa shape index (κ1) is 15.6. The van der Waals surface area contributed by atoms with Gasteiger partial charge in [-0.2, -0.15) is 0 Å². The molecule has 2 aromatic carbocycles.